The van der Waals surface area contributed by atoms with E-state index in [4.69, 9.17) is 14.6 Å². The van der Waals surface area contributed by atoms with Gasteiger partial charge in [0.25, 0.3) is 0 Å². The maximum absolute atomic E-state index is 11.1. The molecule has 0 saturated carbocycles. The van der Waals surface area contributed by atoms with Gasteiger partial charge in [0.05, 0.1) is 5.41 Å². The smallest absolute Gasteiger partial charge is 0.309 e. The summed E-state index contributed by atoms with van der Waals surface area (Å²) in [6, 6.07) is 5.54. The van der Waals surface area contributed by atoms with Gasteiger partial charge in [-0.15, -0.1) is 0 Å². The lowest BCUT2D eigenvalue weighted by Gasteiger charge is -2.19. The average molecular weight is 222 g/mol. The Morgan fingerprint density at radius 3 is 2.88 bits per heavy atom. The Kier molecular flexibility index (Phi) is 2.50. The van der Waals surface area contributed by atoms with E-state index >= 15 is 0 Å². The number of carbonyl (C=O) groups is 1. The minimum absolute atomic E-state index is 0.208. The van der Waals surface area contributed by atoms with Crippen LogP contribution in [0.4, 0.5) is 0 Å². The van der Waals surface area contributed by atoms with Crippen molar-refractivity contribution in [1.29, 1.82) is 0 Å². The molecule has 0 aromatic heterocycles. The summed E-state index contributed by atoms with van der Waals surface area (Å²) in [6.45, 7) is 3.61. The number of aliphatic carboxylic acids is 1. The van der Waals surface area contributed by atoms with Crippen LogP contribution in [0.5, 0.6) is 11.5 Å². The number of hydrogen-bond acceptors (Lipinski definition) is 3. The van der Waals surface area contributed by atoms with Crippen molar-refractivity contribution in [3.63, 3.8) is 0 Å². The Labute approximate surface area is 93.8 Å². The molecule has 0 bridgehead atoms. The van der Waals surface area contributed by atoms with Crippen LogP contribution in [0.1, 0.15) is 19.4 Å². The number of carboxylic acids is 1. The Balaban J connectivity index is 2.29. The van der Waals surface area contributed by atoms with Crippen molar-refractivity contribution in [3.8, 4) is 11.5 Å². The normalized spacial score (nSPS) is 13.9. The summed E-state index contributed by atoms with van der Waals surface area (Å²) in [5.74, 6) is 0.555. The van der Waals surface area contributed by atoms with Crippen molar-refractivity contribution in [2.24, 2.45) is 5.41 Å². The van der Waals surface area contributed by atoms with Crippen LogP contribution in [0, 0.1) is 5.41 Å². The van der Waals surface area contributed by atoms with Gasteiger partial charge in [0.15, 0.2) is 11.5 Å². The molecule has 16 heavy (non-hydrogen) atoms. The highest BCUT2D eigenvalue weighted by Crippen LogP contribution is 2.38. The number of para-hydroxylation sites is 1. The van der Waals surface area contributed by atoms with Crippen molar-refractivity contribution in [1.82, 2.24) is 0 Å². The minimum atomic E-state index is -0.816. The first-order chi connectivity index (χ1) is 7.50. The topological polar surface area (TPSA) is 55.8 Å². The highest BCUT2D eigenvalue weighted by atomic mass is 16.7. The molecule has 1 aliphatic heterocycles. The van der Waals surface area contributed by atoms with Gasteiger partial charge >= 0.3 is 5.97 Å². The lowest BCUT2D eigenvalue weighted by atomic mass is 9.85. The second kappa shape index (κ2) is 3.70. The first kappa shape index (κ1) is 10.8. The van der Waals surface area contributed by atoms with E-state index in [0.29, 0.717) is 17.9 Å². The van der Waals surface area contributed by atoms with E-state index in [1.54, 1.807) is 13.8 Å². The zero-order valence-corrected chi connectivity index (χ0v) is 9.32. The molecule has 86 valence electrons. The number of fused-ring (bicyclic) bond motifs is 1. The number of rotatable bonds is 3. The highest BCUT2D eigenvalue weighted by Gasteiger charge is 2.30. The zero-order valence-electron chi connectivity index (χ0n) is 9.32. The molecule has 0 saturated heterocycles. The molecule has 0 radical (unpaired) electrons. The van der Waals surface area contributed by atoms with Gasteiger partial charge in [-0.05, 0) is 31.9 Å². The fourth-order valence-corrected chi connectivity index (χ4v) is 1.68. The summed E-state index contributed by atoms with van der Waals surface area (Å²) < 4.78 is 10.6. The third-order valence-corrected chi connectivity index (χ3v) is 2.69. The molecule has 1 aromatic rings. The monoisotopic (exact) mass is 222 g/mol. The number of ether oxygens (including phenoxy) is 2. The molecule has 4 nitrogen and oxygen atoms in total. The molecular formula is C12H14O4. The van der Waals surface area contributed by atoms with Crippen molar-refractivity contribution < 1.29 is 19.4 Å². The SMILES string of the molecule is CC(C)(Cc1cccc2c1OCO2)C(=O)O. The molecule has 1 N–H and O–H groups in total. The second-order valence-electron chi connectivity index (χ2n) is 4.52. The summed E-state index contributed by atoms with van der Waals surface area (Å²) >= 11 is 0. The number of benzene rings is 1. The molecule has 2 rings (SSSR count). The molecule has 0 amide bonds. The van der Waals surface area contributed by atoms with Gasteiger partial charge in [-0.1, -0.05) is 12.1 Å². The van der Waals surface area contributed by atoms with E-state index in [0.717, 1.165) is 5.56 Å². The second-order valence-corrected chi connectivity index (χ2v) is 4.52. The lowest BCUT2D eigenvalue weighted by molar-refractivity contribution is -0.146. The maximum atomic E-state index is 11.1. The zero-order chi connectivity index (χ0) is 11.8. The molecule has 0 atom stereocenters. The molecule has 0 spiro atoms. The van der Waals surface area contributed by atoms with Crippen LogP contribution in [0.3, 0.4) is 0 Å². The number of hydrogen-bond donors (Lipinski definition) is 1. The Bertz CT molecular complexity index is 423. The first-order valence-corrected chi connectivity index (χ1v) is 5.11. The largest absolute Gasteiger partial charge is 0.481 e. The third-order valence-electron chi connectivity index (χ3n) is 2.69. The van der Waals surface area contributed by atoms with E-state index in [2.05, 4.69) is 0 Å². The summed E-state index contributed by atoms with van der Waals surface area (Å²) in [7, 11) is 0. The molecule has 0 fully saturated rings. The van der Waals surface area contributed by atoms with Crippen LogP contribution in [0.25, 0.3) is 0 Å². The van der Waals surface area contributed by atoms with Gasteiger partial charge in [-0.3, -0.25) is 4.79 Å². The van der Waals surface area contributed by atoms with E-state index in [1.165, 1.54) is 0 Å². The van der Waals surface area contributed by atoms with Gasteiger partial charge in [0.1, 0.15) is 0 Å². The van der Waals surface area contributed by atoms with Crippen LogP contribution in [0.2, 0.25) is 0 Å². The Morgan fingerprint density at radius 1 is 1.44 bits per heavy atom. The van der Waals surface area contributed by atoms with E-state index in [9.17, 15) is 4.79 Å². The van der Waals surface area contributed by atoms with Crippen LogP contribution in [-0.2, 0) is 11.2 Å². The van der Waals surface area contributed by atoms with E-state index < -0.39 is 11.4 Å². The highest BCUT2D eigenvalue weighted by molar-refractivity contribution is 5.74. The van der Waals surface area contributed by atoms with Crippen molar-refractivity contribution in [3.05, 3.63) is 23.8 Å². The summed E-state index contributed by atoms with van der Waals surface area (Å²) in [5, 5.41) is 9.08. The van der Waals surface area contributed by atoms with Gasteiger partial charge in [-0.2, -0.15) is 0 Å². The number of carboxylic acid groups (broad SMARTS) is 1. The standard InChI is InChI=1S/C12H14O4/c1-12(2,11(13)14)6-8-4-3-5-9-10(8)16-7-15-9/h3-5H,6-7H2,1-2H3,(H,13,14). The molecular weight excluding hydrogens is 208 g/mol. The molecule has 0 unspecified atom stereocenters. The Hall–Kier alpha value is -1.71. The molecule has 4 heteroatoms. The quantitative estimate of drug-likeness (QED) is 0.850. The fourth-order valence-electron chi connectivity index (χ4n) is 1.68. The van der Waals surface area contributed by atoms with Gasteiger partial charge in [0, 0.05) is 0 Å². The summed E-state index contributed by atoms with van der Waals surface area (Å²) in [4.78, 5) is 11.1. The summed E-state index contributed by atoms with van der Waals surface area (Å²) in [5.41, 5.74) is 0.0727. The predicted molar refractivity (Wildman–Crippen MR) is 57.7 cm³/mol. The third kappa shape index (κ3) is 1.83. The van der Waals surface area contributed by atoms with Gasteiger partial charge in [0.2, 0.25) is 6.79 Å². The molecule has 1 heterocycles. The molecule has 1 aliphatic rings. The lowest BCUT2D eigenvalue weighted by Crippen LogP contribution is -2.26. The summed E-state index contributed by atoms with van der Waals surface area (Å²) in [6.07, 6.45) is 0.425. The van der Waals surface area contributed by atoms with Crippen molar-refractivity contribution in [2.45, 2.75) is 20.3 Å². The van der Waals surface area contributed by atoms with Crippen LogP contribution in [0.15, 0.2) is 18.2 Å². The minimum Gasteiger partial charge on any atom is -0.481 e. The maximum Gasteiger partial charge on any atom is 0.309 e. The predicted octanol–water partition coefficient (Wildman–Crippen LogP) is 2.07. The van der Waals surface area contributed by atoms with Crippen LogP contribution in [-0.4, -0.2) is 17.9 Å². The van der Waals surface area contributed by atoms with Crippen molar-refractivity contribution in [2.75, 3.05) is 6.79 Å². The first-order valence-electron chi connectivity index (χ1n) is 5.11. The Morgan fingerprint density at radius 2 is 2.19 bits per heavy atom. The van der Waals surface area contributed by atoms with Crippen LogP contribution < -0.4 is 9.47 Å². The fraction of sp³-hybridized carbons (Fsp3) is 0.417. The molecule has 1 aromatic carbocycles. The van der Waals surface area contributed by atoms with E-state index in [1.807, 2.05) is 18.2 Å². The molecule has 0 aliphatic carbocycles. The average Bonchev–Trinajstić information content (AvgIpc) is 2.65. The van der Waals surface area contributed by atoms with Crippen molar-refractivity contribution >= 4 is 5.97 Å². The van der Waals surface area contributed by atoms with Gasteiger partial charge < -0.3 is 14.6 Å². The van der Waals surface area contributed by atoms with Crippen LogP contribution >= 0.6 is 0 Å². The van der Waals surface area contributed by atoms with Gasteiger partial charge in [-0.25, -0.2) is 0 Å². The van der Waals surface area contributed by atoms with E-state index in [-0.39, 0.29) is 6.79 Å².